The number of nitrogens with zero attached hydrogens (tertiary/aromatic N) is 1. The van der Waals surface area contributed by atoms with Crippen molar-refractivity contribution in [1.29, 1.82) is 0 Å². The molecule has 0 radical (unpaired) electrons. The molecule has 1 saturated heterocycles. The number of hydrogen-bond acceptors (Lipinski definition) is 3. The molecule has 1 fully saturated rings. The van der Waals surface area contributed by atoms with Crippen molar-refractivity contribution in [1.82, 2.24) is 15.5 Å². The zero-order valence-corrected chi connectivity index (χ0v) is 13.5. The Balaban J connectivity index is 2.06. The number of amides is 3. The minimum Gasteiger partial charge on any atom is -0.322 e. The average molecular weight is 303 g/mol. The topological polar surface area (TPSA) is 61.4 Å². The van der Waals surface area contributed by atoms with Gasteiger partial charge in [-0.3, -0.25) is 15.0 Å². The average Bonchev–Trinajstić information content (AvgIpc) is 2.46. The van der Waals surface area contributed by atoms with Crippen molar-refractivity contribution in [2.75, 3.05) is 0 Å². The summed E-state index contributed by atoms with van der Waals surface area (Å²) in [5.41, 5.74) is 1.18. The van der Waals surface area contributed by atoms with Gasteiger partial charge >= 0.3 is 6.03 Å². The Hall–Kier alpha value is -1.88. The van der Waals surface area contributed by atoms with E-state index in [4.69, 9.17) is 0 Å². The molecule has 0 aromatic heterocycles. The van der Waals surface area contributed by atoms with E-state index in [0.29, 0.717) is 0 Å². The molecule has 0 bridgehead atoms. The Kier molecular flexibility index (Phi) is 5.55. The van der Waals surface area contributed by atoms with Crippen LogP contribution in [0.1, 0.15) is 51.6 Å². The molecule has 120 valence electrons. The van der Waals surface area contributed by atoms with Gasteiger partial charge in [0, 0.05) is 12.1 Å². The van der Waals surface area contributed by atoms with E-state index in [1.807, 2.05) is 32.0 Å². The van der Waals surface area contributed by atoms with E-state index in [9.17, 15) is 9.59 Å². The van der Waals surface area contributed by atoms with E-state index < -0.39 is 0 Å². The molecule has 22 heavy (non-hydrogen) atoms. The van der Waals surface area contributed by atoms with Crippen molar-refractivity contribution in [3.05, 3.63) is 35.9 Å². The summed E-state index contributed by atoms with van der Waals surface area (Å²) in [6, 6.07) is 9.84. The smallest absolute Gasteiger partial charge is 0.322 e. The van der Waals surface area contributed by atoms with Gasteiger partial charge in [0.2, 0.25) is 5.91 Å². The van der Waals surface area contributed by atoms with Crippen LogP contribution in [0.25, 0.3) is 0 Å². The minimum atomic E-state index is -0.313. The normalized spacial score (nSPS) is 20.2. The molecule has 1 aromatic carbocycles. The first-order valence-corrected chi connectivity index (χ1v) is 7.96. The zero-order chi connectivity index (χ0) is 16.1. The number of urea groups is 1. The third-order valence-corrected chi connectivity index (χ3v) is 3.86. The molecule has 3 amide bonds. The summed E-state index contributed by atoms with van der Waals surface area (Å²) in [5, 5.41) is 6.31. The molecule has 0 saturated carbocycles. The second-order valence-corrected chi connectivity index (χ2v) is 5.98. The van der Waals surface area contributed by atoms with Crippen LogP contribution in [0, 0.1) is 0 Å². The van der Waals surface area contributed by atoms with Gasteiger partial charge in [0.1, 0.15) is 0 Å². The van der Waals surface area contributed by atoms with Crippen LogP contribution < -0.4 is 10.6 Å². The van der Waals surface area contributed by atoms with Gasteiger partial charge in [-0.15, -0.1) is 0 Å². The summed E-state index contributed by atoms with van der Waals surface area (Å²) in [6.45, 7) is 5.81. The largest absolute Gasteiger partial charge is 0.325 e. The lowest BCUT2D eigenvalue weighted by atomic mass is 10.0. The molecule has 0 spiro atoms. The predicted molar refractivity (Wildman–Crippen MR) is 86.1 cm³/mol. The molecule has 1 unspecified atom stereocenters. The van der Waals surface area contributed by atoms with Crippen LogP contribution in [0.3, 0.4) is 0 Å². The summed E-state index contributed by atoms with van der Waals surface area (Å²) >= 11 is 0. The molecular weight excluding hydrogens is 278 g/mol. The maximum atomic E-state index is 12.2. The summed E-state index contributed by atoms with van der Waals surface area (Å²) in [7, 11) is 0. The number of rotatable bonds is 6. The quantitative estimate of drug-likeness (QED) is 0.849. The zero-order valence-electron chi connectivity index (χ0n) is 13.5. The molecule has 5 heteroatoms. The van der Waals surface area contributed by atoms with Crippen molar-refractivity contribution >= 4 is 11.9 Å². The van der Waals surface area contributed by atoms with Crippen LogP contribution >= 0.6 is 0 Å². The molecule has 1 heterocycles. The summed E-state index contributed by atoms with van der Waals surface area (Å²) < 4.78 is 0. The lowest BCUT2D eigenvalue weighted by Crippen LogP contribution is -2.61. The van der Waals surface area contributed by atoms with Crippen molar-refractivity contribution < 1.29 is 9.59 Å². The number of hydrogen-bond donors (Lipinski definition) is 2. The van der Waals surface area contributed by atoms with Gasteiger partial charge in [0.25, 0.3) is 0 Å². The van der Waals surface area contributed by atoms with Gasteiger partial charge in [0.15, 0.2) is 0 Å². The fourth-order valence-corrected chi connectivity index (χ4v) is 2.84. The van der Waals surface area contributed by atoms with E-state index >= 15 is 0 Å². The lowest BCUT2D eigenvalue weighted by molar-refractivity contribution is -0.131. The fourth-order valence-electron chi connectivity index (χ4n) is 2.84. The van der Waals surface area contributed by atoms with Crippen molar-refractivity contribution in [3.8, 4) is 0 Å². The highest BCUT2D eigenvalue weighted by Gasteiger charge is 2.34. The molecule has 2 rings (SSSR count). The van der Waals surface area contributed by atoms with Crippen molar-refractivity contribution in [2.24, 2.45) is 0 Å². The van der Waals surface area contributed by atoms with Gasteiger partial charge in [-0.25, -0.2) is 4.79 Å². The van der Waals surface area contributed by atoms with E-state index in [1.165, 1.54) is 10.5 Å². The number of imide groups is 1. The molecule has 1 aliphatic heterocycles. The van der Waals surface area contributed by atoms with Gasteiger partial charge in [-0.2, -0.15) is 0 Å². The van der Waals surface area contributed by atoms with Crippen molar-refractivity contribution in [2.45, 2.75) is 58.3 Å². The van der Waals surface area contributed by atoms with Crippen LogP contribution in [-0.4, -0.2) is 29.0 Å². The van der Waals surface area contributed by atoms with Gasteiger partial charge in [-0.1, -0.05) is 43.7 Å². The van der Waals surface area contributed by atoms with Crippen LogP contribution in [-0.2, 0) is 4.79 Å². The molecule has 2 atom stereocenters. The van der Waals surface area contributed by atoms with E-state index in [-0.39, 0.29) is 36.6 Å². The first-order valence-electron chi connectivity index (χ1n) is 7.96. The van der Waals surface area contributed by atoms with Crippen molar-refractivity contribution in [3.63, 3.8) is 0 Å². The third-order valence-electron chi connectivity index (χ3n) is 3.86. The Morgan fingerprint density at radius 1 is 1.27 bits per heavy atom. The number of nitrogens with one attached hydrogen (secondary N) is 2. The first kappa shape index (κ1) is 16.5. The predicted octanol–water partition coefficient (Wildman–Crippen LogP) is 2.79. The molecular formula is C17H25N3O2. The molecule has 0 aliphatic carbocycles. The number of carbonyl (C=O) groups is 2. The minimum absolute atomic E-state index is 0.117. The van der Waals surface area contributed by atoms with E-state index in [2.05, 4.69) is 29.7 Å². The lowest BCUT2D eigenvalue weighted by Gasteiger charge is -2.35. The first-order chi connectivity index (χ1) is 10.5. The molecule has 1 aromatic rings. The Bertz CT molecular complexity index is 498. The SMILES string of the molecule is CCC[C@H](NC1CC(=O)N(C(C)C)C(=O)N1)c1ccccc1. The molecule has 2 N–H and O–H groups in total. The van der Waals surface area contributed by atoms with Crippen LogP contribution in [0.4, 0.5) is 4.79 Å². The third kappa shape index (κ3) is 3.85. The van der Waals surface area contributed by atoms with Crippen LogP contribution in [0.5, 0.6) is 0 Å². The summed E-state index contributed by atoms with van der Waals surface area (Å²) in [4.78, 5) is 25.5. The molecule has 5 nitrogen and oxygen atoms in total. The highest BCUT2D eigenvalue weighted by atomic mass is 16.2. The Morgan fingerprint density at radius 2 is 1.95 bits per heavy atom. The standard InChI is InChI=1S/C17H25N3O2/c1-4-8-14(13-9-6-5-7-10-13)18-15-11-16(21)20(12(2)3)17(22)19-15/h5-7,9-10,12,14-15,18H,4,8,11H2,1-3H3,(H,19,22)/t14-,15?/m0/s1. The van der Waals surface area contributed by atoms with E-state index in [0.717, 1.165) is 12.8 Å². The second-order valence-electron chi connectivity index (χ2n) is 5.98. The van der Waals surface area contributed by atoms with Crippen LogP contribution in [0.15, 0.2) is 30.3 Å². The molecule has 1 aliphatic rings. The Labute approximate surface area is 132 Å². The van der Waals surface area contributed by atoms with Gasteiger partial charge in [-0.05, 0) is 25.8 Å². The van der Waals surface area contributed by atoms with Crippen LogP contribution in [0.2, 0.25) is 0 Å². The van der Waals surface area contributed by atoms with Gasteiger partial charge in [0.05, 0.1) is 12.6 Å². The maximum Gasteiger partial charge on any atom is 0.325 e. The van der Waals surface area contributed by atoms with Gasteiger partial charge < -0.3 is 5.32 Å². The second kappa shape index (κ2) is 7.40. The maximum absolute atomic E-state index is 12.2. The monoisotopic (exact) mass is 303 g/mol. The summed E-state index contributed by atoms with van der Waals surface area (Å²) in [5.74, 6) is -0.125. The highest BCUT2D eigenvalue weighted by molar-refractivity contribution is 5.97. The summed E-state index contributed by atoms with van der Waals surface area (Å²) in [6.07, 6.45) is 1.96. The van der Waals surface area contributed by atoms with E-state index in [1.54, 1.807) is 0 Å². The Morgan fingerprint density at radius 3 is 2.50 bits per heavy atom. The number of carbonyl (C=O) groups excluding carboxylic acids is 2. The number of benzene rings is 1. The highest BCUT2D eigenvalue weighted by Crippen LogP contribution is 2.20. The fraction of sp³-hybridized carbons (Fsp3) is 0.529.